The lowest BCUT2D eigenvalue weighted by Crippen LogP contribution is -2.54. The standard InChI is InChI=1S/C28H28N2O2/c1-20-15-17-22(18-16-20)29-28(24-12-6-8-14-26(24)31)23-11-5-7-13-25(23)30(27(28)32)19-21-9-3-2-4-10-21/h2-5,7,9-11,13,15-18,24,29H,6,8,12,14,19H2,1H3. The second-order valence-electron chi connectivity index (χ2n) is 8.96. The maximum atomic E-state index is 14.3. The molecule has 1 N–H and O–H groups in total. The highest BCUT2D eigenvalue weighted by Crippen LogP contribution is 2.50. The molecule has 1 aliphatic carbocycles. The Bertz CT molecular complexity index is 1140. The largest absolute Gasteiger partial charge is 0.367 e. The molecule has 0 radical (unpaired) electrons. The Hall–Kier alpha value is -3.40. The number of rotatable bonds is 5. The number of fused-ring (bicyclic) bond motifs is 1. The zero-order valence-electron chi connectivity index (χ0n) is 18.4. The van der Waals surface area contributed by atoms with Gasteiger partial charge in [0.25, 0.3) is 5.91 Å². The van der Waals surface area contributed by atoms with E-state index in [1.807, 2.05) is 90.7 Å². The molecule has 3 aromatic rings. The van der Waals surface area contributed by atoms with Crippen molar-refractivity contribution in [3.63, 3.8) is 0 Å². The Kier molecular flexibility index (Phi) is 5.30. The van der Waals surface area contributed by atoms with E-state index in [1.165, 1.54) is 0 Å². The molecule has 3 aromatic carbocycles. The average Bonchev–Trinajstić information content (AvgIpc) is 3.05. The number of carbonyl (C=O) groups excluding carboxylic acids is 2. The third-order valence-electron chi connectivity index (χ3n) is 6.86. The second-order valence-corrected chi connectivity index (χ2v) is 8.96. The van der Waals surface area contributed by atoms with Crippen molar-refractivity contribution in [2.45, 2.75) is 44.7 Å². The number of nitrogens with one attached hydrogen (secondary N) is 1. The van der Waals surface area contributed by atoms with Crippen LogP contribution in [0.15, 0.2) is 78.9 Å². The van der Waals surface area contributed by atoms with E-state index >= 15 is 0 Å². The zero-order chi connectivity index (χ0) is 22.1. The predicted molar refractivity (Wildman–Crippen MR) is 128 cm³/mol. The van der Waals surface area contributed by atoms with Gasteiger partial charge in [-0.3, -0.25) is 9.59 Å². The molecule has 4 nitrogen and oxygen atoms in total. The fourth-order valence-electron chi connectivity index (χ4n) is 5.25. The van der Waals surface area contributed by atoms with Crippen molar-refractivity contribution in [1.82, 2.24) is 0 Å². The Labute approximate surface area is 189 Å². The normalized spacial score (nSPS) is 22.7. The van der Waals surface area contributed by atoms with Gasteiger partial charge in [-0.15, -0.1) is 0 Å². The van der Waals surface area contributed by atoms with Crippen molar-refractivity contribution in [2.75, 3.05) is 10.2 Å². The number of anilines is 2. The molecular weight excluding hydrogens is 396 g/mol. The molecule has 162 valence electrons. The van der Waals surface area contributed by atoms with E-state index < -0.39 is 5.54 Å². The molecule has 1 amide bonds. The highest BCUT2D eigenvalue weighted by Gasteiger charge is 2.57. The quantitative estimate of drug-likeness (QED) is 0.579. The van der Waals surface area contributed by atoms with E-state index in [0.29, 0.717) is 13.0 Å². The van der Waals surface area contributed by atoms with Crippen LogP contribution in [0.25, 0.3) is 0 Å². The monoisotopic (exact) mass is 424 g/mol. The van der Waals surface area contributed by atoms with E-state index in [-0.39, 0.29) is 17.6 Å². The van der Waals surface area contributed by atoms with Gasteiger partial charge in [0.05, 0.1) is 18.2 Å². The molecule has 5 rings (SSSR count). The Morgan fingerprint density at radius 2 is 1.62 bits per heavy atom. The maximum Gasteiger partial charge on any atom is 0.258 e. The van der Waals surface area contributed by atoms with Crippen molar-refractivity contribution in [1.29, 1.82) is 0 Å². The first-order valence-corrected chi connectivity index (χ1v) is 11.4. The van der Waals surface area contributed by atoms with Crippen LogP contribution in [0.3, 0.4) is 0 Å². The minimum atomic E-state index is -1.09. The summed E-state index contributed by atoms with van der Waals surface area (Å²) in [5.74, 6) is -0.240. The number of Topliss-reactive ketones (excluding diaryl/α,β-unsaturated/α-hetero) is 1. The maximum absolute atomic E-state index is 14.3. The van der Waals surface area contributed by atoms with Gasteiger partial charge in [0.15, 0.2) is 5.54 Å². The summed E-state index contributed by atoms with van der Waals surface area (Å²) < 4.78 is 0. The van der Waals surface area contributed by atoms with Gasteiger partial charge in [-0.25, -0.2) is 0 Å². The van der Waals surface area contributed by atoms with Crippen LogP contribution in [0, 0.1) is 12.8 Å². The third kappa shape index (κ3) is 3.40. The van der Waals surface area contributed by atoms with Gasteiger partial charge in [-0.05, 0) is 43.5 Å². The van der Waals surface area contributed by atoms with Gasteiger partial charge in [0.2, 0.25) is 0 Å². The summed E-state index contributed by atoms with van der Waals surface area (Å²) in [6.45, 7) is 2.52. The minimum absolute atomic E-state index is 0.0385. The predicted octanol–water partition coefficient (Wildman–Crippen LogP) is 5.61. The van der Waals surface area contributed by atoms with Crippen molar-refractivity contribution in [3.05, 3.63) is 95.6 Å². The minimum Gasteiger partial charge on any atom is -0.367 e. The van der Waals surface area contributed by atoms with Gasteiger partial charge < -0.3 is 10.2 Å². The number of aryl methyl sites for hydroxylation is 1. The molecule has 1 heterocycles. The summed E-state index contributed by atoms with van der Waals surface area (Å²) in [5, 5.41) is 3.59. The van der Waals surface area contributed by atoms with E-state index in [0.717, 1.165) is 47.3 Å². The van der Waals surface area contributed by atoms with E-state index in [9.17, 15) is 9.59 Å². The molecule has 0 bridgehead atoms. The van der Waals surface area contributed by atoms with Crippen LogP contribution in [0.5, 0.6) is 0 Å². The molecule has 0 saturated heterocycles. The number of benzene rings is 3. The van der Waals surface area contributed by atoms with Crippen LogP contribution in [0.4, 0.5) is 11.4 Å². The van der Waals surface area contributed by atoms with E-state index in [4.69, 9.17) is 0 Å². The van der Waals surface area contributed by atoms with Crippen LogP contribution in [0.2, 0.25) is 0 Å². The fourth-order valence-corrected chi connectivity index (χ4v) is 5.25. The average molecular weight is 425 g/mol. The summed E-state index contributed by atoms with van der Waals surface area (Å²) in [6, 6.07) is 26.1. The number of nitrogens with zero attached hydrogens (tertiary/aromatic N) is 1. The SMILES string of the molecule is Cc1ccc(NC2(C3CCCCC3=O)C(=O)N(Cc3ccccc3)c3ccccc32)cc1. The number of carbonyl (C=O) groups is 2. The first kappa shape index (κ1) is 20.5. The topological polar surface area (TPSA) is 49.4 Å². The highest BCUT2D eigenvalue weighted by molar-refractivity contribution is 6.12. The van der Waals surface area contributed by atoms with Crippen molar-refractivity contribution in [3.8, 4) is 0 Å². The summed E-state index contributed by atoms with van der Waals surface area (Å²) in [6.07, 6.45) is 3.12. The Morgan fingerprint density at radius 1 is 0.906 bits per heavy atom. The number of amides is 1. The number of ketones is 1. The van der Waals surface area contributed by atoms with Crippen LogP contribution in [-0.4, -0.2) is 11.7 Å². The molecule has 2 unspecified atom stereocenters. The lowest BCUT2D eigenvalue weighted by Gasteiger charge is -2.39. The Balaban J connectivity index is 1.65. The summed E-state index contributed by atoms with van der Waals surface area (Å²) >= 11 is 0. The van der Waals surface area contributed by atoms with Crippen LogP contribution >= 0.6 is 0 Å². The van der Waals surface area contributed by atoms with Crippen molar-refractivity contribution in [2.24, 2.45) is 5.92 Å². The fraction of sp³-hybridized carbons (Fsp3) is 0.286. The van der Waals surface area contributed by atoms with E-state index in [2.05, 4.69) is 5.32 Å². The lowest BCUT2D eigenvalue weighted by molar-refractivity contribution is -0.134. The second kappa shape index (κ2) is 8.27. The molecule has 2 atom stereocenters. The van der Waals surface area contributed by atoms with Crippen molar-refractivity contribution >= 4 is 23.1 Å². The van der Waals surface area contributed by atoms with Crippen LogP contribution in [0.1, 0.15) is 42.4 Å². The van der Waals surface area contributed by atoms with Crippen molar-refractivity contribution < 1.29 is 9.59 Å². The van der Waals surface area contributed by atoms with Gasteiger partial charge in [-0.1, -0.05) is 72.6 Å². The molecule has 2 aliphatic rings. The molecule has 1 saturated carbocycles. The Morgan fingerprint density at radius 3 is 2.38 bits per heavy atom. The smallest absolute Gasteiger partial charge is 0.258 e. The third-order valence-corrected chi connectivity index (χ3v) is 6.86. The van der Waals surface area contributed by atoms with E-state index in [1.54, 1.807) is 0 Å². The van der Waals surface area contributed by atoms with Gasteiger partial charge in [0.1, 0.15) is 5.78 Å². The first-order valence-electron chi connectivity index (χ1n) is 11.4. The number of hydrogen-bond donors (Lipinski definition) is 1. The summed E-state index contributed by atoms with van der Waals surface area (Å²) in [7, 11) is 0. The van der Waals surface area contributed by atoms with Crippen LogP contribution < -0.4 is 10.2 Å². The van der Waals surface area contributed by atoms with Gasteiger partial charge >= 0.3 is 0 Å². The van der Waals surface area contributed by atoms with Gasteiger partial charge in [0, 0.05) is 17.7 Å². The molecular formula is C28H28N2O2. The first-order chi connectivity index (χ1) is 15.6. The zero-order valence-corrected chi connectivity index (χ0v) is 18.4. The number of para-hydroxylation sites is 1. The molecule has 32 heavy (non-hydrogen) atoms. The molecule has 1 fully saturated rings. The highest BCUT2D eigenvalue weighted by atomic mass is 16.2. The summed E-state index contributed by atoms with van der Waals surface area (Å²) in [5.41, 5.74) is 3.79. The number of hydrogen-bond acceptors (Lipinski definition) is 3. The molecule has 0 spiro atoms. The molecule has 0 aromatic heterocycles. The molecule has 1 aliphatic heterocycles. The van der Waals surface area contributed by atoms with Gasteiger partial charge in [-0.2, -0.15) is 0 Å². The molecule has 4 heteroatoms. The van der Waals surface area contributed by atoms with Crippen LogP contribution in [-0.2, 0) is 21.7 Å². The lowest BCUT2D eigenvalue weighted by atomic mass is 9.70. The summed E-state index contributed by atoms with van der Waals surface area (Å²) in [4.78, 5) is 29.4.